The van der Waals surface area contributed by atoms with E-state index in [9.17, 15) is 9.59 Å². The molecule has 0 aliphatic carbocycles. The average Bonchev–Trinajstić information content (AvgIpc) is 3.42. The Morgan fingerprint density at radius 3 is 2.65 bits per heavy atom. The molecule has 2 aromatic heterocycles. The first-order chi connectivity index (χ1) is 16.5. The molecule has 2 N–H and O–H groups in total. The zero-order valence-electron chi connectivity index (χ0n) is 19.5. The number of fused-ring (bicyclic) bond motifs is 3. The molecule has 1 fully saturated rings. The Balaban J connectivity index is 1.29. The van der Waals surface area contributed by atoms with E-state index in [-0.39, 0.29) is 11.8 Å². The van der Waals surface area contributed by atoms with E-state index < -0.39 is 0 Å². The van der Waals surface area contributed by atoms with Gasteiger partial charge in [-0.15, -0.1) is 0 Å². The van der Waals surface area contributed by atoms with Gasteiger partial charge in [0.25, 0.3) is 11.8 Å². The molecule has 0 radical (unpaired) electrons. The van der Waals surface area contributed by atoms with Gasteiger partial charge in [0, 0.05) is 49.1 Å². The Kier molecular flexibility index (Phi) is 6.34. The standard InChI is InChI=1S/C26H29N5O2S/c1-17-5-3-4-13-30(17)14-12-28-25(33)20-10-11-22-23(15-20)34-26-29-21(16-31(22)26)18-6-8-19(9-7-18)24(32)27-2/h6-11,15-17H,3-5,12-14H2,1-2H3,(H,27,32)(H,28,33). The summed E-state index contributed by atoms with van der Waals surface area (Å²) >= 11 is 1.57. The quantitative estimate of drug-likeness (QED) is 0.439. The van der Waals surface area contributed by atoms with Crippen molar-refractivity contribution in [2.24, 2.45) is 0 Å². The second-order valence-corrected chi connectivity index (χ2v) is 9.87. The lowest BCUT2D eigenvalue weighted by atomic mass is 10.0. The number of likely N-dealkylation sites (tertiary alicyclic amines) is 1. The van der Waals surface area contributed by atoms with Crippen molar-refractivity contribution in [3.05, 3.63) is 59.8 Å². The number of rotatable bonds is 6. The molecule has 2 aromatic carbocycles. The van der Waals surface area contributed by atoms with Crippen molar-refractivity contribution in [2.45, 2.75) is 32.2 Å². The summed E-state index contributed by atoms with van der Waals surface area (Å²) in [6.07, 6.45) is 5.80. The maximum atomic E-state index is 12.7. The summed E-state index contributed by atoms with van der Waals surface area (Å²) in [4.78, 5) is 32.6. The molecule has 1 aliphatic rings. The van der Waals surface area contributed by atoms with Crippen LogP contribution in [-0.2, 0) is 0 Å². The maximum absolute atomic E-state index is 12.7. The van der Waals surface area contributed by atoms with Crippen molar-refractivity contribution in [3.8, 4) is 11.3 Å². The topological polar surface area (TPSA) is 78.7 Å². The molecule has 0 saturated carbocycles. The minimum absolute atomic E-state index is 0.0329. The molecule has 1 saturated heterocycles. The number of piperidine rings is 1. The van der Waals surface area contributed by atoms with E-state index in [1.54, 1.807) is 30.5 Å². The van der Waals surface area contributed by atoms with Gasteiger partial charge in [0.2, 0.25) is 0 Å². The van der Waals surface area contributed by atoms with E-state index in [0.717, 1.165) is 39.5 Å². The Labute approximate surface area is 202 Å². The minimum atomic E-state index is -0.107. The number of thiazole rings is 1. The predicted molar refractivity (Wildman–Crippen MR) is 137 cm³/mol. The van der Waals surface area contributed by atoms with Gasteiger partial charge in [0.05, 0.1) is 15.9 Å². The van der Waals surface area contributed by atoms with Gasteiger partial charge in [0.15, 0.2) is 4.96 Å². The summed E-state index contributed by atoms with van der Waals surface area (Å²) in [7, 11) is 1.62. The molecule has 8 heteroatoms. The van der Waals surface area contributed by atoms with Crippen LogP contribution in [0.15, 0.2) is 48.7 Å². The van der Waals surface area contributed by atoms with Crippen LogP contribution in [0, 0.1) is 0 Å². The third-order valence-corrected chi connectivity index (χ3v) is 7.67. The van der Waals surface area contributed by atoms with E-state index in [0.29, 0.717) is 23.7 Å². The summed E-state index contributed by atoms with van der Waals surface area (Å²) in [5.74, 6) is -0.140. The van der Waals surface area contributed by atoms with Gasteiger partial charge in [-0.2, -0.15) is 0 Å². The summed E-state index contributed by atoms with van der Waals surface area (Å²) in [5, 5.41) is 5.71. The first kappa shape index (κ1) is 22.6. The van der Waals surface area contributed by atoms with Gasteiger partial charge in [0.1, 0.15) is 0 Å². The van der Waals surface area contributed by atoms with Gasteiger partial charge in [-0.25, -0.2) is 4.98 Å². The van der Waals surface area contributed by atoms with Crippen LogP contribution in [-0.4, -0.2) is 58.8 Å². The number of hydrogen-bond acceptors (Lipinski definition) is 5. The number of amides is 2. The number of carbonyl (C=O) groups is 2. The van der Waals surface area contributed by atoms with E-state index in [1.807, 2.05) is 36.5 Å². The number of carbonyl (C=O) groups excluding carboxylic acids is 2. The molecular formula is C26H29N5O2S. The fourth-order valence-electron chi connectivity index (χ4n) is 4.62. The van der Waals surface area contributed by atoms with Crippen LogP contribution >= 0.6 is 11.3 Å². The maximum Gasteiger partial charge on any atom is 0.251 e. The predicted octanol–water partition coefficient (Wildman–Crippen LogP) is 4.18. The van der Waals surface area contributed by atoms with Gasteiger partial charge in [-0.1, -0.05) is 29.9 Å². The second kappa shape index (κ2) is 9.56. The zero-order chi connectivity index (χ0) is 23.7. The third-order valence-electron chi connectivity index (χ3n) is 6.65. The third kappa shape index (κ3) is 4.43. The van der Waals surface area contributed by atoms with Crippen LogP contribution in [0.25, 0.3) is 26.4 Å². The van der Waals surface area contributed by atoms with Crippen molar-refractivity contribution in [1.82, 2.24) is 24.9 Å². The lowest BCUT2D eigenvalue weighted by Crippen LogP contribution is -2.42. The van der Waals surface area contributed by atoms with Crippen LogP contribution in [0.3, 0.4) is 0 Å². The summed E-state index contributed by atoms with van der Waals surface area (Å²) in [6, 6.07) is 13.8. The lowest BCUT2D eigenvalue weighted by molar-refractivity contribution is 0.0936. The number of nitrogens with zero attached hydrogens (tertiary/aromatic N) is 3. The molecule has 5 rings (SSSR count). The fraction of sp³-hybridized carbons (Fsp3) is 0.346. The highest BCUT2D eigenvalue weighted by Gasteiger charge is 2.18. The molecule has 1 aliphatic heterocycles. The van der Waals surface area contributed by atoms with E-state index in [2.05, 4.69) is 26.9 Å². The number of nitrogens with one attached hydrogen (secondary N) is 2. The fourth-order valence-corrected chi connectivity index (χ4v) is 5.67. The van der Waals surface area contributed by atoms with E-state index in [4.69, 9.17) is 4.98 Å². The Hall–Kier alpha value is -3.23. The average molecular weight is 476 g/mol. The summed E-state index contributed by atoms with van der Waals surface area (Å²) in [5.41, 5.74) is 4.13. The molecule has 176 valence electrons. The molecule has 3 heterocycles. The molecule has 4 aromatic rings. The van der Waals surface area contributed by atoms with Gasteiger partial charge >= 0.3 is 0 Å². The van der Waals surface area contributed by atoms with Gasteiger partial charge in [-0.05, 0) is 56.6 Å². The molecular weight excluding hydrogens is 446 g/mol. The van der Waals surface area contributed by atoms with Crippen LogP contribution in [0.4, 0.5) is 0 Å². The van der Waals surface area contributed by atoms with Crippen LogP contribution in [0.1, 0.15) is 46.9 Å². The Bertz CT molecular complexity index is 1340. The van der Waals surface area contributed by atoms with Crippen molar-refractivity contribution < 1.29 is 9.59 Å². The second-order valence-electron chi connectivity index (χ2n) is 8.86. The van der Waals surface area contributed by atoms with Crippen LogP contribution in [0.2, 0.25) is 0 Å². The molecule has 7 nitrogen and oxygen atoms in total. The minimum Gasteiger partial charge on any atom is -0.355 e. The number of aromatic nitrogens is 2. The monoisotopic (exact) mass is 475 g/mol. The zero-order valence-corrected chi connectivity index (χ0v) is 20.3. The van der Waals surface area contributed by atoms with Crippen LogP contribution < -0.4 is 10.6 Å². The summed E-state index contributed by atoms with van der Waals surface area (Å²) < 4.78 is 3.09. The number of benzene rings is 2. The molecule has 34 heavy (non-hydrogen) atoms. The van der Waals surface area contributed by atoms with Crippen molar-refractivity contribution >= 4 is 38.3 Å². The van der Waals surface area contributed by atoms with E-state index >= 15 is 0 Å². The normalized spacial score (nSPS) is 16.7. The Morgan fingerprint density at radius 2 is 1.88 bits per heavy atom. The SMILES string of the molecule is CNC(=O)c1ccc(-c2cn3c(n2)sc2cc(C(=O)NCCN4CCCCC4C)ccc23)cc1. The smallest absolute Gasteiger partial charge is 0.251 e. The largest absolute Gasteiger partial charge is 0.355 e. The molecule has 1 unspecified atom stereocenters. The highest BCUT2D eigenvalue weighted by molar-refractivity contribution is 7.23. The van der Waals surface area contributed by atoms with Crippen molar-refractivity contribution in [2.75, 3.05) is 26.7 Å². The first-order valence-corrected chi connectivity index (χ1v) is 12.6. The molecule has 0 spiro atoms. The van der Waals surface area contributed by atoms with Gasteiger partial charge < -0.3 is 10.6 Å². The van der Waals surface area contributed by atoms with Crippen molar-refractivity contribution in [1.29, 1.82) is 0 Å². The molecule has 1 atom stereocenters. The highest BCUT2D eigenvalue weighted by atomic mass is 32.1. The molecule has 0 bridgehead atoms. The number of hydrogen-bond donors (Lipinski definition) is 2. The lowest BCUT2D eigenvalue weighted by Gasteiger charge is -2.33. The summed E-state index contributed by atoms with van der Waals surface area (Å²) in [6.45, 7) is 4.96. The molecule has 2 amide bonds. The van der Waals surface area contributed by atoms with Crippen molar-refractivity contribution in [3.63, 3.8) is 0 Å². The highest BCUT2D eigenvalue weighted by Crippen LogP contribution is 2.30. The first-order valence-electron chi connectivity index (χ1n) is 11.8. The number of imidazole rings is 1. The van der Waals surface area contributed by atoms with Gasteiger partial charge in [-0.3, -0.25) is 18.9 Å². The Morgan fingerprint density at radius 1 is 1.09 bits per heavy atom. The van der Waals surface area contributed by atoms with E-state index in [1.165, 1.54) is 19.3 Å². The van der Waals surface area contributed by atoms with Crippen LogP contribution in [0.5, 0.6) is 0 Å².